The number of aromatic nitrogens is 1. The van der Waals surface area contributed by atoms with Crippen LogP contribution >= 0.6 is 0 Å². The van der Waals surface area contributed by atoms with Gasteiger partial charge in [-0.2, -0.15) is 0 Å². The SMILES string of the molecule is COc1ccc(Nc2cc(C(=O)Nc3c(F)cccc3F)ccn2)c(OC)c1. The lowest BCUT2D eigenvalue weighted by Gasteiger charge is -2.13. The Morgan fingerprint density at radius 3 is 2.43 bits per heavy atom. The Balaban J connectivity index is 1.82. The molecule has 1 heterocycles. The van der Waals surface area contributed by atoms with E-state index in [2.05, 4.69) is 15.6 Å². The van der Waals surface area contributed by atoms with E-state index in [1.165, 1.54) is 31.5 Å². The predicted octanol–water partition coefficient (Wildman–Crippen LogP) is 4.37. The van der Waals surface area contributed by atoms with Crippen molar-refractivity contribution >= 4 is 23.1 Å². The lowest BCUT2D eigenvalue weighted by molar-refractivity contribution is 0.102. The van der Waals surface area contributed by atoms with Crippen LogP contribution in [0.15, 0.2) is 54.7 Å². The summed E-state index contributed by atoms with van der Waals surface area (Å²) in [5, 5.41) is 5.27. The summed E-state index contributed by atoms with van der Waals surface area (Å²) in [6.45, 7) is 0. The maximum Gasteiger partial charge on any atom is 0.256 e. The van der Waals surface area contributed by atoms with Crippen molar-refractivity contribution in [2.75, 3.05) is 24.9 Å². The zero-order valence-corrected chi connectivity index (χ0v) is 15.1. The third kappa shape index (κ3) is 4.17. The monoisotopic (exact) mass is 385 g/mol. The molecular weight excluding hydrogens is 368 g/mol. The average Bonchev–Trinajstić information content (AvgIpc) is 2.71. The molecule has 0 bridgehead atoms. The van der Waals surface area contributed by atoms with Crippen LogP contribution in [0.2, 0.25) is 0 Å². The van der Waals surface area contributed by atoms with E-state index in [9.17, 15) is 13.6 Å². The third-order valence-corrected chi connectivity index (χ3v) is 3.89. The fourth-order valence-electron chi connectivity index (χ4n) is 2.48. The van der Waals surface area contributed by atoms with Gasteiger partial charge in [0.05, 0.1) is 19.9 Å². The highest BCUT2D eigenvalue weighted by Gasteiger charge is 2.14. The van der Waals surface area contributed by atoms with Crippen LogP contribution in [0.5, 0.6) is 11.5 Å². The molecule has 0 saturated heterocycles. The first-order valence-corrected chi connectivity index (χ1v) is 8.22. The Bertz CT molecular complexity index is 991. The summed E-state index contributed by atoms with van der Waals surface area (Å²) in [7, 11) is 3.06. The number of anilines is 3. The van der Waals surface area contributed by atoms with Gasteiger partial charge in [-0.25, -0.2) is 13.8 Å². The van der Waals surface area contributed by atoms with Crippen LogP contribution in [-0.2, 0) is 0 Å². The number of para-hydroxylation sites is 1. The van der Waals surface area contributed by atoms with E-state index < -0.39 is 23.2 Å². The highest BCUT2D eigenvalue weighted by molar-refractivity contribution is 6.04. The molecule has 144 valence electrons. The number of methoxy groups -OCH3 is 2. The Morgan fingerprint density at radius 1 is 1.00 bits per heavy atom. The smallest absolute Gasteiger partial charge is 0.256 e. The summed E-state index contributed by atoms with van der Waals surface area (Å²) in [4.78, 5) is 16.5. The number of carbonyl (C=O) groups is 1. The average molecular weight is 385 g/mol. The highest BCUT2D eigenvalue weighted by atomic mass is 19.1. The van der Waals surface area contributed by atoms with Crippen molar-refractivity contribution in [1.29, 1.82) is 0 Å². The van der Waals surface area contributed by atoms with Crippen LogP contribution in [0, 0.1) is 11.6 Å². The van der Waals surface area contributed by atoms with Gasteiger partial charge in [-0.05, 0) is 36.4 Å². The summed E-state index contributed by atoms with van der Waals surface area (Å²) in [6.07, 6.45) is 1.41. The first kappa shape index (κ1) is 19.1. The summed E-state index contributed by atoms with van der Waals surface area (Å²) < 4.78 is 37.9. The summed E-state index contributed by atoms with van der Waals surface area (Å²) in [5.74, 6) is -0.895. The fourth-order valence-corrected chi connectivity index (χ4v) is 2.48. The second-order valence-corrected chi connectivity index (χ2v) is 5.67. The van der Waals surface area contributed by atoms with Crippen molar-refractivity contribution in [3.63, 3.8) is 0 Å². The van der Waals surface area contributed by atoms with Gasteiger partial charge in [0.25, 0.3) is 5.91 Å². The number of halogens is 2. The van der Waals surface area contributed by atoms with Crippen LogP contribution in [0.4, 0.5) is 26.0 Å². The number of carbonyl (C=O) groups excluding carboxylic acids is 1. The van der Waals surface area contributed by atoms with Crippen molar-refractivity contribution in [2.45, 2.75) is 0 Å². The van der Waals surface area contributed by atoms with E-state index in [-0.39, 0.29) is 5.56 Å². The van der Waals surface area contributed by atoms with Gasteiger partial charge in [0.1, 0.15) is 34.6 Å². The van der Waals surface area contributed by atoms with Crippen LogP contribution in [0.1, 0.15) is 10.4 Å². The topological polar surface area (TPSA) is 72.5 Å². The molecule has 0 aliphatic rings. The number of hydrogen-bond donors (Lipinski definition) is 2. The van der Waals surface area contributed by atoms with Crippen LogP contribution < -0.4 is 20.1 Å². The quantitative estimate of drug-likeness (QED) is 0.659. The van der Waals surface area contributed by atoms with Crippen LogP contribution in [0.3, 0.4) is 0 Å². The minimum atomic E-state index is -0.858. The number of nitrogens with zero attached hydrogens (tertiary/aromatic N) is 1. The maximum atomic E-state index is 13.7. The maximum absolute atomic E-state index is 13.7. The zero-order valence-electron chi connectivity index (χ0n) is 15.1. The van der Waals surface area contributed by atoms with E-state index in [1.807, 2.05) is 0 Å². The van der Waals surface area contributed by atoms with Crippen molar-refractivity contribution < 1.29 is 23.0 Å². The molecule has 0 fully saturated rings. The largest absolute Gasteiger partial charge is 0.497 e. The first-order valence-electron chi connectivity index (χ1n) is 8.22. The minimum absolute atomic E-state index is 0.174. The van der Waals surface area contributed by atoms with Gasteiger partial charge >= 0.3 is 0 Å². The van der Waals surface area contributed by atoms with Crippen LogP contribution in [0.25, 0.3) is 0 Å². The fraction of sp³-hybridized carbons (Fsp3) is 0.100. The Morgan fingerprint density at radius 2 is 1.75 bits per heavy atom. The molecule has 2 aromatic carbocycles. The van der Waals surface area contributed by atoms with E-state index in [0.717, 1.165) is 12.1 Å². The molecule has 0 radical (unpaired) electrons. The highest BCUT2D eigenvalue weighted by Crippen LogP contribution is 2.31. The summed E-state index contributed by atoms with van der Waals surface area (Å²) in [6, 6.07) is 11.4. The van der Waals surface area contributed by atoms with E-state index >= 15 is 0 Å². The molecule has 28 heavy (non-hydrogen) atoms. The lowest BCUT2D eigenvalue weighted by atomic mass is 10.2. The molecule has 0 saturated carbocycles. The number of rotatable bonds is 6. The number of benzene rings is 2. The number of nitrogens with one attached hydrogen (secondary N) is 2. The molecule has 0 unspecified atom stereocenters. The zero-order chi connectivity index (χ0) is 20.1. The molecule has 3 aromatic rings. The van der Waals surface area contributed by atoms with Gasteiger partial charge in [-0.3, -0.25) is 4.79 Å². The summed E-state index contributed by atoms with van der Waals surface area (Å²) >= 11 is 0. The Labute approximate surface area is 160 Å². The molecule has 0 aliphatic heterocycles. The van der Waals surface area contributed by atoms with Crippen molar-refractivity contribution in [3.8, 4) is 11.5 Å². The van der Waals surface area contributed by atoms with E-state index in [4.69, 9.17) is 9.47 Å². The molecule has 8 heteroatoms. The van der Waals surface area contributed by atoms with Crippen molar-refractivity contribution in [3.05, 3.63) is 71.9 Å². The van der Waals surface area contributed by atoms with Crippen molar-refractivity contribution in [1.82, 2.24) is 4.98 Å². The van der Waals surface area contributed by atoms with E-state index in [1.54, 1.807) is 25.3 Å². The number of hydrogen-bond acceptors (Lipinski definition) is 5. The Hall–Kier alpha value is -3.68. The predicted molar refractivity (Wildman–Crippen MR) is 101 cm³/mol. The van der Waals surface area contributed by atoms with Gasteiger partial charge in [0.2, 0.25) is 0 Å². The molecule has 1 amide bonds. The molecule has 3 rings (SSSR count). The molecule has 0 aliphatic carbocycles. The first-order chi connectivity index (χ1) is 13.5. The molecular formula is C20H17F2N3O3. The standard InChI is InChI=1S/C20H17F2N3O3/c1-27-13-6-7-16(17(11-13)28-2)24-18-10-12(8-9-23-18)20(26)25-19-14(21)4-3-5-15(19)22/h3-11H,1-2H3,(H,23,24)(H,25,26). The lowest BCUT2D eigenvalue weighted by Crippen LogP contribution is -2.14. The van der Waals surface area contributed by atoms with Crippen molar-refractivity contribution in [2.24, 2.45) is 0 Å². The molecule has 0 atom stereocenters. The summed E-state index contributed by atoms with van der Waals surface area (Å²) in [5.41, 5.74) is 0.275. The number of amides is 1. The van der Waals surface area contributed by atoms with Gasteiger partial charge < -0.3 is 20.1 Å². The normalized spacial score (nSPS) is 10.3. The third-order valence-electron chi connectivity index (χ3n) is 3.89. The van der Waals surface area contributed by atoms with Crippen LogP contribution in [-0.4, -0.2) is 25.1 Å². The van der Waals surface area contributed by atoms with Gasteiger partial charge in [0, 0.05) is 17.8 Å². The molecule has 2 N–H and O–H groups in total. The van der Waals surface area contributed by atoms with Gasteiger partial charge in [-0.1, -0.05) is 6.07 Å². The van der Waals surface area contributed by atoms with Gasteiger partial charge in [0.15, 0.2) is 0 Å². The second-order valence-electron chi connectivity index (χ2n) is 5.67. The Kier molecular flexibility index (Phi) is 5.69. The molecule has 1 aromatic heterocycles. The van der Waals surface area contributed by atoms with E-state index in [0.29, 0.717) is 23.0 Å². The number of ether oxygens (including phenoxy) is 2. The molecule has 6 nitrogen and oxygen atoms in total. The second kappa shape index (κ2) is 8.34. The van der Waals surface area contributed by atoms with Gasteiger partial charge in [-0.15, -0.1) is 0 Å². The molecule has 0 spiro atoms. The number of pyridine rings is 1. The minimum Gasteiger partial charge on any atom is -0.497 e.